The van der Waals surface area contributed by atoms with Crippen molar-refractivity contribution >= 4 is 28.5 Å². The van der Waals surface area contributed by atoms with Crippen molar-refractivity contribution in [1.82, 2.24) is 10.3 Å². The highest BCUT2D eigenvalue weighted by Crippen LogP contribution is 2.30. The zero-order chi connectivity index (χ0) is 18.8. The summed E-state index contributed by atoms with van der Waals surface area (Å²) in [7, 11) is 0. The van der Waals surface area contributed by atoms with E-state index < -0.39 is 0 Å². The Labute approximate surface area is 162 Å². The van der Waals surface area contributed by atoms with Gasteiger partial charge in [0.1, 0.15) is 5.70 Å². The number of fused-ring (bicyclic) bond motifs is 2. The minimum atomic E-state index is -0.344. The molecule has 0 bridgehead atoms. The Morgan fingerprint density at radius 2 is 1.93 bits per heavy atom. The molecular formula is C21H22N4OS. The average molecular weight is 379 g/mol. The highest BCUT2D eigenvalue weighted by molar-refractivity contribution is 8.13. The lowest BCUT2D eigenvalue weighted by Gasteiger charge is -2.34. The SMILES string of the molecule is CCCCSC1=NN2C(=c3ccccc3=N[C@@H]2c2ccc(C)cc2)C(=O)N1. The highest BCUT2D eigenvalue weighted by atomic mass is 32.2. The Hall–Kier alpha value is -2.60. The molecule has 0 unspecified atom stereocenters. The Kier molecular flexibility index (Phi) is 4.99. The molecule has 0 aromatic heterocycles. The molecule has 6 heteroatoms. The summed E-state index contributed by atoms with van der Waals surface area (Å²) in [6.45, 7) is 4.21. The van der Waals surface area contributed by atoms with Crippen LogP contribution in [0, 0.1) is 6.92 Å². The molecule has 1 amide bonds. The van der Waals surface area contributed by atoms with Crippen LogP contribution in [0.2, 0.25) is 0 Å². The van der Waals surface area contributed by atoms with E-state index in [4.69, 9.17) is 10.1 Å². The van der Waals surface area contributed by atoms with Gasteiger partial charge in [-0.2, -0.15) is 0 Å². The number of nitrogens with zero attached hydrogens (tertiary/aromatic N) is 3. The van der Waals surface area contributed by atoms with E-state index in [0.29, 0.717) is 10.9 Å². The second kappa shape index (κ2) is 7.56. The number of nitrogens with one attached hydrogen (secondary N) is 1. The van der Waals surface area contributed by atoms with Crippen molar-refractivity contribution in [1.29, 1.82) is 0 Å². The average Bonchev–Trinajstić information content (AvgIpc) is 2.68. The first-order valence-corrected chi connectivity index (χ1v) is 10.2. The van der Waals surface area contributed by atoms with Crippen LogP contribution in [0.1, 0.15) is 37.1 Å². The monoisotopic (exact) mass is 378 g/mol. The first-order chi connectivity index (χ1) is 13.2. The third kappa shape index (κ3) is 3.49. The van der Waals surface area contributed by atoms with Crippen LogP contribution in [0.3, 0.4) is 0 Å². The minimum absolute atomic E-state index is 0.122. The van der Waals surface area contributed by atoms with Crippen molar-refractivity contribution in [2.24, 2.45) is 10.1 Å². The zero-order valence-electron chi connectivity index (χ0n) is 15.5. The molecule has 0 aliphatic carbocycles. The number of aryl methyl sites for hydroxylation is 1. The van der Waals surface area contributed by atoms with Crippen molar-refractivity contribution in [2.75, 3.05) is 5.75 Å². The summed E-state index contributed by atoms with van der Waals surface area (Å²) in [4.78, 5) is 17.8. The van der Waals surface area contributed by atoms with Gasteiger partial charge in [0, 0.05) is 11.0 Å². The smallest absolute Gasteiger partial charge is 0.276 e. The molecule has 1 N–H and O–H groups in total. The fourth-order valence-corrected chi connectivity index (χ4v) is 4.10. The molecule has 0 saturated carbocycles. The molecule has 2 aromatic carbocycles. The maximum absolute atomic E-state index is 12.9. The molecule has 4 rings (SSSR count). The Morgan fingerprint density at radius 3 is 2.70 bits per heavy atom. The molecule has 2 aliphatic rings. The number of rotatable bonds is 4. The van der Waals surface area contributed by atoms with E-state index in [-0.39, 0.29) is 12.1 Å². The summed E-state index contributed by atoms with van der Waals surface area (Å²) in [6, 6.07) is 16.0. The minimum Gasteiger partial charge on any atom is -0.298 e. The Bertz CT molecular complexity index is 1010. The van der Waals surface area contributed by atoms with Crippen LogP contribution in [0.4, 0.5) is 0 Å². The second-order valence-electron chi connectivity index (χ2n) is 6.69. The fourth-order valence-electron chi connectivity index (χ4n) is 3.16. The number of hydrogen-bond donors (Lipinski definition) is 1. The van der Waals surface area contributed by atoms with Crippen LogP contribution in [-0.2, 0) is 4.79 Å². The van der Waals surface area contributed by atoms with Crippen LogP contribution >= 0.6 is 11.8 Å². The van der Waals surface area contributed by atoms with Gasteiger partial charge in [-0.25, -0.2) is 5.01 Å². The van der Waals surface area contributed by atoms with E-state index in [1.54, 1.807) is 16.8 Å². The number of amidine groups is 1. The van der Waals surface area contributed by atoms with E-state index in [1.807, 2.05) is 24.3 Å². The molecule has 0 radical (unpaired) electrons. The number of carbonyl (C=O) groups is 1. The number of unbranched alkanes of at least 4 members (excludes halogenated alkanes) is 1. The maximum Gasteiger partial charge on any atom is 0.276 e. The molecular weight excluding hydrogens is 356 g/mol. The van der Waals surface area contributed by atoms with E-state index in [9.17, 15) is 4.79 Å². The molecule has 0 spiro atoms. The summed E-state index contributed by atoms with van der Waals surface area (Å²) in [5, 5.41) is 11.8. The molecule has 5 nitrogen and oxygen atoms in total. The Morgan fingerprint density at radius 1 is 1.15 bits per heavy atom. The standard InChI is InChI=1S/C21H22N4OS/c1-3-4-13-27-21-23-20(26)18-16-7-5-6-8-17(16)22-19(25(18)24-21)15-11-9-14(2)10-12-15/h5-12,19H,3-4,13H2,1-2H3,(H,23,24,26)/t19-/m0/s1. The molecule has 1 atom stereocenters. The highest BCUT2D eigenvalue weighted by Gasteiger charge is 2.34. The summed E-state index contributed by atoms with van der Waals surface area (Å²) >= 11 is 1.58. The van der Waals surface area contributed by atoms with Crippen molar-refractivity contribution < 1.29 is 4.79 Å². The van der Waals surface area contributed by atoms with E-state index in [0.717, 1.165) is 34.7 Å². The first kappa shape index (κ1) is 17.8. The van der Waals surface area contributed by atoms with Crippen LogP contribution in [-0.4, -0.2) is 21.8 Å². The summed E-state index contributed by atoms with van der Waals surface area (Å²) in [6.07, 6.45) is 1.86. The Balaban J connectivity index is 1.83. The third-order valence-corrected chi connectivity index (χ3v) is 5.58. The third-order valence-electron chi connectivity index (χ3n) is 4.63. The summed E-state index contributed by atoms with van der Waals surface area (Å²) in [5.74, 6) is 0.810. The van der Waals surface area contributed by atoms with Gasteiger partial charge >= 0.3 is 0 Å². The summed E-state index contributed by atoms with van der Waals surface area (Å²) < 4.78 is 0. The van der Waals surface area contributed by atoms with Crippen LogP contribution in [0.5, 0.6) is 0 Å². The van der Waals surface area contributed by atoms with Gasteiger partial charge in [0.05, 0.1) is 5.36 Å². The van der Waals surface area contributed by atoms with Gasteiger partial charge in [-0.15, -0.1) is 5.10 Å². The lowest BCUT2D eigenvalue weighted by molar-refractivity contribution is -0.116. The van der Waals surface area contributed by atoms with Crippen LogP contribution in [0.15, 0.2) is 58.6 Å². The van der Waals surface area contributed by atoms with Crippen molar-refractivity contribution in [3.8, 4) is 0 Å². The first-order valence-electron chi connectivity index (χ1n) is 9.23. The number of amides is 1. The quantitative estimate of drug-likeness (QED) is 0.832. The molecule has 0 fully saturated rings. The number of para-hydroxylation sites is 1. The van der Waals surface area contributed by atoms with E-state index >= 15 is 0 Å². The predicted octanol–water partition coefficient (Wildman–Crippen LogP) is 2.67. The number of hydrogen-bond acceptors (Lipinski definition) is 5. The summed E-state index contributed by atoms with van der Waals surface area (Å²) in [5.41, 5.74) is 2.77. The van der Waals surface area contributed by atoms with Gasteiger partial charge in [0.25, 0.3) is 5.91 Å². The predicted molar refractivity (Wildman–Crippen MR) is 109 cm³/mol. The van der Waals surface area contributed by atoms with Crippen molar-refractivity contribution in [3.63, 3.8) is 0 Å². The molecule has 138 valence electrons. The van der Waals surface area contributed by atoms with Gasteiger partial charge in [0.15, 0.2) is 11.3 Å². The maximum atomic E-state index is 12.9. The van der Waals surface area contributed by atoms with Gasteiger partial charge in [-0.1, -0.05) is 73.1 Å². The lowest BCUT2D eigenvalue weighted by Crippen LogP contribution is -2.50. The van der Waals surface area contributed by atoms with Gasteiger partial charge in [0.2, 0.25) is 0 Å². The largest absolute Gasteiger partial charge is 0.298 e. The van der Waals surface area contributed by atoms with Gasteiger partial charge in [-0.3, -0.25) is 15.1 Å². The molecule has 2 aliphatic heterocycles. The molecule has 0 saturated heterocycles. The second-order valence-corrected chi connectivity index (χ2v) is 7.77. The number of benzene rings is 2. The molecule has 27 heavy (non-hydrogen) atoms. The van der Waals surface area contributed by atoms with E-state index in [1.165, 1.54) is 5.56 Å². The number of carbonyl (C=O) groups excluding carboxylic acids is 1. The van der Waals surface area contributed by atoms with Crippen molar-refractivity contribution in [2.45, 2.75) is 32.9 Å². The van der Waals surface area contributed by atoms with Gasteiger partial charge < -0.3 is 0 Å². The lowest BCUT2D eigenvalue weighted by atomic mass is 10.1. The molecule has 2 aromatic rings. The van der Waals surface area contributed by atoms with E-state index in [2.05, 4.69) is 43.4 Å². The van der Waals surface area contributed by atoms with Gasteiger partial charge in [-0.05, 0) is 25.0 Å². The van der Waals surface area contributed by atoms with Crippen LogP contribution in [0.25, 0.3) is 5.70 Å². The number of thioether (sulfide) groups is 1. The van der Waals surface area contributed by atoms with Crippen LogP contribution < -0.4 is 15.9 Å². The normalized spacial score (nSPS) is 18.2. The zero-order valence-corrected chi connectivity index (χ0v) is 16.3. The fraction of sp³-hybridized carbons (Fsp3) is 0.286. The topological polar surface area (TPSA) is 57.1 Å². The molecule has 2 heterocycles. The van der Waals surface area contributed by atoms with Crippen molar-refractivity contribution in [3.05, 3.63) is 70.2 Å². The number of hydrazone groups is 1.